The van der Waals surface area contributed by atoms with Crippen LogP contribution in [0.2, 0.25) is 0 Å². The quantitative estimate of drug-likeness (QED) is 0.179. The van der Waals surface area contributed by atoms with Gasteiger partial charge in [0.1, 0.15) is 0 Å². The fourth-order valence-corrected chi connectivity index (χ4v) is 7.51. The molecule has 0 aliphatic carbocycles. The number of rotatable bonds is 4. The Hall–Kier alpha value is -6.71. The first-order valence-corrected chi connectivity index (χ1v) is 17.0. The third-order valence-corrected chi connectivity index (χ3v) is 9.86. The van der Waals surface area contributed by atoms with Gasteiger partial charge in [0.2, 0.25) is 0 Å². The van der Waals surface area contributed by atoms with Gasteiger partial charge < -0.3 is 9.64 Å². The number of hydrogen-bond donors (Lipinski definition) is 0. The minimum atomic E-state index is 0.835. The lowest BCUT2D eigenvalue weighted by atomic mass is 9.91. The molecule has 3 nitrogen and oxygen atoms in total. The van der Waals surface area contributed by atoms with E-state index in [1.54, 1.807) is 0 Å². The molecule has 50 heavy (non-hydrogen) atoms. The lowest BCUT2D eigenvalue weighted by molar-refractivity contribution is 0.477. The van der Waals surface area contributed by atoms with Gasteiger partial charge in [-0.05, 0) is 115 Å². The lowest BCUT2D eigenvalue weighted by Crippen LogP contribution is -2.15. The van der Waals surface area contributed by atoms with E-state index in [1.165, 1.54) is 37.9 Å². The van der Waals surface area contributed by atoms with E-state index in [0.29, 0.717) is 0 Å². The summed E-state index contributed by atoms with van der Waals surface area (Å²) in [5.41, 5.74) is 9.73. The molecule has 0 fully saturated rings. The topological polar surface area (TPSA) is 25.4 Å². The second-order valence-electron chi connectivity index (χ2n) is 12.8. The molecule has 10 rings (SSSR count). The number of ether oxygens (including phenoxy) is 1. The zero-order valence-electron chi connectivity index (χ0n) is 27.1. The molecule has 1 aliphatic rings. The highest BCUT2D eigenvalue weighted by molar-refractivity contribution is 6.25. The summed E-state index contributed by atoms with van der Waals surface area (Å²) in [7, 11) is 0. The van der Waals surface area contributed by atoms with Crippen molar-refractivity contribution in [2.24, 2.45) is 0 Å². The summed E-state index contributed by atoms with van der Waals surface area (Å²) in [6, 6.07) is 62.7. The van der Waals surface area contributed by atoms with Crippen LogP contribution in [0.15, 0.2) is 182 Å². The van der Waals surface area contributed by atoms with E-state index in [4.69, 9.17) is 4.74 Å². The predicted octanol–water partition coefficient (Wildman–Crippen LogP) is 13.1. The minimum absolute atomic E-state index is 0.835. The van der Waals surface area contributed by atoms with Crippen LogP contribution in [0.25, 0.3) is 65.8 Å². The lowest BCUT2D eigenvalue weighted by Gasteiger charge is -2.33. The van der Waals surface area contributed by atoms with Crippen molar-refractivity contribution in [3.05, 3.63) is 182 Å². The fraction of sp³-hybridized carbons (Fsp3) is 0. The van der Waals surface area contributed by atoms with Crippen LogP contribution in [0.3, 0.4) is 0 Å². The second-order valence-corrected chi connectivity index (χ2v) is 12.8. The number of para-hydroxylation sites is 4. The molecule has 3 heteroatoms. The van der Waals surface area contributed by atoms with Gasteiger partial charge in [-0.3, -0.25) is 4.98 Å². The highest BCUT2D eigenvalue weighted by Crippen LogP contribution is 2.51. The number of benzene rings is 8. The second kappa shape index (κ2) is 11.5. The average Bonchev–Trinajstić information content (AvgIpc) is 3.20. The molecule has 0 radical (unpaired) electrons. The molecule has 0 spiro atoms. The third-order valence-electron chi connectivity index (χ3n) is 9.86. The summed E-state index contributed by atoms with van der Waals surface area (Å²) in [5.74, 6) is 1.67. The van der Waals surface area contributed by atoms with E-state index >= 15 is 0 Å². The monoisotopic (exact) mass is 638 g/mol. The van der Waals surface area contributed by atoms with Crippen LogP contribution in [-0.4, -0.2) is 4.98 Å². The van der Waals surface area contributed by atoms with Crippen molar-refractivity contribution in [2.75, 3.05) is 4.90 Å². The highest BCUT2D eigenvalue weighted by atomic mass is 16.5. The van der Waals surface area contributed by atoms with Crippen molar-refractivity contribution >= 4 is 49.4 Å². The largest absolute Gasteiger partial charge is 0.453 e. The molecular weight excluding hydrogens is 609 g/mol. The van der Waals surface area contributed by atoms with Crippen molar-refractivity contribution in [2.45, 2.75) is 0 Å². The van der Waals surface area contributed by atoms with Gasteiger partial charge in [0.15, 0.2) is 11.5 Å². The number of nitrogens with zero attached hydrogens (tertiary/aromatic N) is 2. The zero-order chi connectivity index (χ0) is 33.0. The van der Waals surface area contributed by atoms with Crippen LogP contribution in [0.5, 0.6) is 11.5 Å². The van der Waals surface area contributed by atoms with Crippen LogP contribution in [0, 0.1) is 0 Å². The number of hydrogen-bond acceptors (Lipinski definition) is 3. The van der Waals surface area contributed by atoms with E-state index in [9.17, 15) is 0 Å². The maximum absolute atomic E-state index is 6.39. The molecule has 9 aromatic rings. The van der Waals surface area contributed by atoms with Gasteiger partial charge >= 0.3 is 0 Å². The number of aromatic nitrogens is 1. The Kier molecular flexibility index (Phi) is 6.49. The van der Waals surface area contributed by atoms with Crippen LogP contribution < -0.4 is 9.64 Å². The molecule has 1 aliphatic heterocycles. The van der Waals surface area contributed by atoms with Gasteiger partial charge in [0, 0.05) is 17.4 Å². The van der Waals surface area contributed by atoms with Gasteiger partial charge in [0.05, 0.1) is 17.1 Å². The van der Waals surface area contributed by atoms with E-state index in [0.717, 1.165) is 56.5 Å². The summed E-state index contributed by atoms with van der Waals surface area (Å²) < 4.78 is 6.39. The molecule has 1 aromatic heterocycles. The van der Waals surface area contributed by atoms with Gasteiger partial charge in [0.25, 0.3) is 0 Å². The zero-order valence-corrected chi connectivity index (χ0v) is 27.1. The SMILES string of the molecule is c1ccc(-c2ccc(-c3cc(-c4ccc5c6ccccc6c6ccccc6c5c4)cc(N4c5ccccc5Oc5ccccc54)c3)cc2)nc1. The maximum atomic E-state index is 6.39. The van der Waals surface area contributed by atoms with Crippen LogP contribution in [-0.2, 0) is 0 Å². The number of pyridine rings is 1. The molecule has 8 aromatic carbocycles. The van der Waals surface area contributed by atoms with Crippen molar-refractivity contribution in [3.8, 4) is 45.0 Å². The first-order chi connectivity index (χ1) is 24.8. The van der Waals surface area contributed by atoms with Crippen molar-refractivity contribution in [3.63, 3.8) is 0 Å². The van der Waals surface area contributed by atoms with Crippen molar-refractivity contribution < 1.29 is 4.74 Å². The standard InChI is InChI=1S/C47H30N2O/c1-2-13-39-37(11-1)38-12-3-4-14-40(38)42-30-33(24-25-41(39)42)35-27-34(31-20-22-32(23-21-31)43-15-9-10-26-48-43)28-36(29-35)49-44-16-5-7-18-46(44)50-47-19-8-6-17-45(47)49/h1-30H. The highest BCUT2D eigenvalue weighted by Gasteiger charge is 2.26. The summed E-state index contributed by atoms with van der Waals surface area (Å²) in [4.78, 5) is 6.90. The fourth-order valence-electron chi connectivity index (χ4n) is 7.51. The third kappa shape index (κ3) is 4.63. The van der Waals surface area contributed by atoms with Crippen molar-refractivity contribution in [1.82, 2.24) is 4.98 Å². The first kappa shape index (κ1) is 28.3. The van der Waals surface area contributed by atoms with Crippen molar-refractivity contribution in [1.29, 1.82) is 0 Å². The summed E-state index contributed by atoms with van der Waals surface area (Å²) in [6.45, 7) is 0. The molecule has 0 saturated carbocycles. The maximum Gasteiger partial charge on any atom is 0.151 e. The molecule has 0 saturated heterocycles. The predicted molar refractivity (Wildman–Crippen MR) is 208 cm³/mol. The molecule has 0 N–H and O–H groups in total. The smallest absolute Gasteiger partial charge is 0.151 e. The van der Waals surface area contributed by atoms with E-state index in [1.807, 2.05) is 48.7 Å². The van der Waals surface area contributed by atoms with Crippen LogP contribution in [0.4, 0.5) is 17.1 Å². The minimum Gasteiger partial charge on any atom is -0.453 e. The van der Waals surface area contributed by atoms with Gasteiger partial charge in [-0.2, -0.15) is 0 Å². The molecule has 2 heterocycles. The molecule has 0 atom stereocenters. The average molecular weight is 639 g/mol. The number of anilines is 3. The van der Waals surface area contributed by atoms with Gasteiger partial charge in [-0.1, -0.05) is 115 Å². The van der Waals surface area contributed by atoms with E-state index in [-0.39, 0.29) is 0 Å². The first-order valence-electron chi connectivity index (χ1n) is 17.0. The Morgan fingerprint density at radius 3 is 1.48 bits per heavy atom. The van der Waals surface area contributed by atoms with E-state index < -0.39 is 0 Å². The van der Waals surface area contributed by atoms with Crippen LogP contribution in [0.1, 0.15) is 0 Å². The Bertz CT molecular complexity index is 2650. The molecular formula is C47H30N2O. The Balaban J connectivity index is 1.20. The van der Waals surface area contributed by atoms with Crippen LogP contribution >= 0.6 is 0 Å². The van der Waals surface area contributed by atoms with Gasteiger partial charge in [-0.25, -0.2) is 0 Å². The summed E-state index contributed by atoms with van der Waals surface area (Å²) >= 11 is 0. The Morgan fingerprint density at radius 2 is 0.860 bits per heavy atom. The molecule has 0 amide bonds. The summed E-state index contributed by atoms with van der Waals surface area (Å²) in [5, 5.41) is 7.62. The van der Waals surface area contributed by atoms with E-state index in [2.05, 4.69) is 143 Å². The van der Waals surface area contributed by atoms with Gasteiger partial charge in [-0.15, -0.1) is 0 Å². The Morgan fingerprint density at radius 1 is 0.360 bits per heavy atom. The summed E-state index contributed by atoms with van der Waals surface area (Å²) in [6.07, 6.45) is 1.84. The molecule has 0 bridgehead atoms. The molecule has 234 valence electrons. The molecule has 0 unspecified atom stereocenters. The Labute approximate surface area is 290 Å². The number of fused-ring (bicyclic) bond motifs is 8. The normalized spacial score (nSPS) is 12.1.